The Morgan fingerprint density at radius 2 is 1.79 bits per heavy atom. The number of hydrogen-bond acceptors (Lipinski definition) is 4. The van der Waals surface area contributed by atoms with Crippen LogP contribution in [0.3, 0.4) is 0 Å². The molecule has 0 aliphatic carbocycles. The molecule has 1 amide bonds. The Morgan fingerprint density at radius 1 is 1.10 bits per heavy atom. The highest BCUT2D eigenvalue weighted by atomic mass is 16.6. The van der Waals surface area contributed by atoms with Crippen LogP contribution >= 0.6 is 0 Å². The van der Waals surface area contributed by atoms with Gasteiger partial charge in [0.1, 0.15) is 5.60 Å². The van der Waals surface area contributed by atoms with E-state index in [1.54, 1.807) is 6.07 Å². The molecular weight excluding hydrogens is 364 g/mol. The third-order valence-electron chi connectivity index (χ3n) is 5.73. The van der Waals surface area contributed by atoms with Gasteiger partial charge in [0.2, 0.25) is 5.91 Å². The largest absolute Gasteiger partial charge is 0.456 e. The summed E-state index contributed by atoms with van der Waals surface area (Å²) in [5, 5.41) is 3.36. The molecule has 2 aliphatic heterocycles. The van der Waals surface area contributed by atoms with Crippen LogP contribution in [0.2, 0.25) is 0 Å². The summed E-state index contributed by atoms with van der Waals surface area (Å²) in [5.74, 6) is -0.211. The fourth-order valence-electron chi connectivity index (χ4n) is 4.36. The molecule has 0 unspecified atom stereocenters. The molecule has 0 atom stereocenters. The third kappa shape index (κ3) is 3.67. The zero-order valence-electron chi connectivity index (χ0n) is 17.3. The lowest BCUT2D eigenvalue weighted by atomic mass is 9.74. The van der Waals surface area contributed by atoms with E-state index in [1.165, 1.54) is 0 Å². The van der Waals surface area contributed by atoms with Crippen LogP contribution in [-0.4, -0.2) is 30.6 Å². The first-order chi connectivity index (χ1) is 13.8. The lowest BCUT2D eigenvalue weighted by Crippen LogP contribution is -2.47. The minimum Gasteiger partial charge on any atom is -0.456 e. The Labute approximate surface area is 172 Å². The Morgan fingerprint density at radius 3 is 2.45 bits per heavy atom. The van der Waals surface area contributed by atoms with Gasteiger partial charge in [-0.25, -0.2) is 4.79 Å². The summed E-state index contributed by atoms with van der Waals surface area (Å²) in [6.45, 7) is 7.70. The summed E-state index contributed by atoms with van der Waals surface area (Å²) >= 11 is 0. The molecule has 0 aromatic heterocycles. The molecule has 5 nitrogen and oxygen atoms in total. The second kappa shape index (κ2) is 7.30. The average Bonchev–Trinajstić information content (AvgIpc) is 2.90. The van der Waals surface area contributed by atoms with Gasteiger partial charge in [-0.15, -0.1) is 0 Å². The number of carbonyl (C=O) groups is 2. The Balaban J connectivity index is 1.74. The molecule has 4 rings (SSSR count). The Kier molecular flexibility index (Phi) is 4.95. The fraction of sp³-hybridized carbons (Fsp3) is 0.417. The van der Waals surface area contributed by atoms with Crippen molar-refractivity contribution < 1.29 is 14.3 Å². The van der Waals surface area contributed by atoms with Crippen LogP contribution < -0.4 is 10.2 Å². The second-order valence-electron chi connectivity index (χ2n) is 8.94. The van der Waals surface area contributed by atoms with E-state index < -0.39 is 11.0 Å². The van der Waals surface area contributed by atoms with Crippen molar-refractivity contribution in [2.24, 2.45) is 0 Å². The molecule has 2 aromatic rings. The van der Waals surface area contributed by atoms with Gasteiger partial charge in [-0.05, 0) is 76.0 Å². The zero-order valence-corrected chi connectivity index (χ0v) is 17.3. The van der Waals surface area contributed by atoms with E-state index in [0.717, 1.165) is 42.7 Å². The number of hydrogen-bond donors (Lipinski definition) is 1. The molecule has 5 heteroatoms. The van der Waals surface area contributed by atoms with E-state index in [-0.39, 0.29) is 11.9 Å². The maximum absolute atomic E-state index is 13.6. The van der Waals surface area contributed by atoms with Crippen LogP contribution in [0.1, 0.15) is 55.1 Å². The van der Waals surface area contributed by atoms with Crippen molar-refractivity contribution in [1.29, 1.82) is 0 Å². The van der Waals surface area contributed by atoms with Crippen molar-refractivity contribution in [3.63, 3.8) is 0 Å². The molecule has 2 aromatic carbocycles. The number of benzene rings is 2. The quantitative estimate of drug-likeness (QED) is 0.807. The van der Waals surface area contributed by atoms with Gasteiger partial charge in [-0.2, -0.15) is 0 Å². The summed E-state index contributed by atoms with van der Waals surface area (Å²) in [4.78, 5) is 28.2. The van der Waals surface area contributed by atoms with Gasteiger partial charge >= 0.3 is 5.97 Å². The topological polar surface area (TPSA) is 58.6 Å². The molecule has 0 radical (unpaired) electrons. The highest BCUT2D eigenvalue weighted by Crippen LogP contribution is 2.48. The van der Waals surface area contributed by atoms with Gasteiger partial charge in [-0.1, -0.05) is 30.3 Å². The molecule has 152 valence electrons. The normalized spacial score (nSPS) is 18.0. The molecular formula is C24H28N2O3. The molecule has 1 saturated heterocycles. The molecule has 0 bridgehead atoms. The lowest BCUT2D eigenvalue weighted by molar-refractivity contribution is -0.124. The summed E-state index contributed by atoms with van der Waals surface area (Å²) in [7, 11) is 0. The Hall–Kier alpha value is -2.66. The lowest BCUT2D eigenvalue weighted by Gasteiger charge is -2.33. The monoisotopic (exact) mass is 392 g/mol. The van der Waals surface area contributed by atoms with Crippen molar-refractivity contribution in [1.82, 2.24) is 5.32 Å². The first kappa shape index (κ1) is 19.6. The first-order valence-corrected chi connectivity index (χ1v) is 10.2. The number of esters is 1. The predicted octanol–water partition coefficient (Wildman–Crippen LogP) is 3.81. The Bertz CT molecular complexity index is 925. The molecule has 29 heavy (non-hydrogen) atoms. The minimum absolute atomic E-state index is 0.138. The summed E-state index contributed by atoms with van der Waals surface area (Å²) in [6.07, 6.45) is 1.48. The van der Waals surface area contributed by atoms with Gasteiger partial charge < -0.3 is 15.0 Å². The minimum atomic E-state index is -0.562. The number of nitrogens with one attached hydrogen (secondary N) is 1. The van der Waals surface area contributed by atoms with Gasteiger partial charge in [0.25, 0.3) is 0 Å². The van der Waals surface area contributed by atoms with Crippen LogP contribution in [0.15, 0.2) is 48.5 Å². The van der Waals surface area contributed by atoms with Crippen LogP contribution in [0.25, 0.3) is 0 Å². The van der Waals surface area contributed by atoms with Gasteiger partial charge in [-0.3, -0.25) is 4.79 Å². The third-order valence-corrected chi connectivity index (χ3v) is 5.73. The number of amides is 1. The maximum Gasteiger partial charge on any atom is 0.338 e. The van der Waals surface area contributed by atoms with Crippen LogP contribution in [0.4, 0.5) is 5.69 Å². The summed E-state index contributed by atoms with van der Waals surface area (Å²) in [5.41, 5.74) is 2.35. The SMILES string of the molecule is CC(C)(C)OC(=O)c1ccc2c(c1)C1(CCNCC1)C(=O)N2Cc1ccccc1. The molecule has 1 fully saturated rings. The number of carbonyl (C=O) groups excluding carboxylic acids is 2. The molecule has 2 aliphatic rings. The van der Waals surface area contributed by atoms with Crippen molar-refractivity contribution >= 4 is 17.6 Å². The van der Waals surface area contributed by atoms with E-state index in [4.69, 9.17) is 4.74 Å². The number of piperidine rings is 1. The highest BCUT2D eigenvalue weighted by Gasteiger charge is 2.51. The van der Waals surface area contributed by atoms with Crippen molar-refractivity contribution in [2.45, 2.75) is 51.2 Å². The molecule has 1 N–H and O–H groups in total. The van der Waals surface area contributed by atoms with E-state index in [9.17, 15) is 9.59 Å². The van der Waals surface area contributed by atoms with E-state index in [2.05, 4.69) is 5.32 Å². The van der Waals surface area contributed by atoms with Crippen LogP contribution in [0.5, 0.6) is 0 Å². The van der Waals surface area contributed by atoms with Crippen LogP contribution in [-0.2, 0) is 21.5 Å². The van der Waals surface area contributed by atoms with E-state index in [0.29, 0.717) is 12.1 Å². The number of ether oxygens (including phenoxy) is 1. The molecule has 0 saturated carbocycles. The zero-order chi connectivity index (χ0) is 20.6. The van der Waals surface area contributed by atoms with Crippen molar-refractivity contribution in [2.75, 3.05) is 18.0 Å². The van der Waals surface area contributed by atoms with Crippen LogP contribution in [0, 0.1) is 0 Å². The summed E-state index contributed by atoms with van der Waals surface area (Å²) in [6, 6.07) is 15.6. The van der Waals surface area contributed by atoms with Crippen molar-refractivity contribution in [3.05, 3.63) is 65.2 Å². The highest BCUT2D eigenvalue weighted by molar-refractivity contribution is 6.09. The van der Waals surface area contributed by atoms with Gasteiger partial charge in [0.15, 0.2) is 0 Å². The van der Waals surface area contributed by atoms with E-state index in [1.807, 2.05) is 68.1 Å². The van der Waals surface area contributed by atoms with E-state index >= 15 is 0 Å². The number of anilines is 1. The smallest absolute Gasteiger partial charge is 0.338 e. The maximum atomic E-state index is 13.6. The van der Waals surface area contributed by atoms with Gasteiger partial charge in [0.05, 0.1) is 17.5 Å². The molecule has 2 heterocycles. The molecule has 1 spiro atoms. The van der Waals surface area contributed by atoms with Crippen molar-refractivity contribution in [3.8, 4) is 0 Å². The standard InChI is InChI=1S/C24H28N2O3/c1-23(2,3)29-21(27)18-9-10-20-19(15-18)24(11-13-25-14-12-24)22(28)26(20)16-17-7-5-4-6-8-17/h4-10,15,25H,11-14,16H2,1-3H3. The van der Waals surface area contributed by atoms with Gasteiger partial charge in [0, 0.05) is 5.69 Å². The number of fused-ring (bicyclic) bond motifs is 2. The average molecular weight is 392 g/mol. The second-order valence-corrected chi connectivity index (χ2v) is 8.94. The number of rotatable bonds is 3. The first-order valence-electron chi connectivity index (χ1n) is 10.2. The summed E-state index contributed by atoms with van der Waals surface area (Å²) < 4.78 is 5.56. The predicted molar refractivity (Wildman–Crippen MR) is 113 cm³/mol. The number of nitrogens with zero attached hydrogens (tertiary/aromatic N) is 1. The fourth-order valence-corrected chi connectivity index (χ4v) is 4.36.